The summed E-state index contributed by atoms with van der Waals surface area (Å²) in [7, 11) is 0. The minimum atomic E-state index is 0. The van der Waals surface area contributed by atoms with Gasteiger partial charge in [-0.1, -0.05) is 120 Å². The topological polar surface area (TPSA) is 0 Å². The van der Waals surface area contributed by atoms with Gasteiger partial charge in [0.05, 0.1) is 0 Å². The summed E-state index contributed by atoms with van der Waals surface area (Å²) in [5.74, 6) is 0.562. The summed E-state index contributed by atoms with van der Waals surface area (Å²) >= 11 is 9.13. The molecule has 2 aliphatic carbocycles. The third-order valence-electron chi connectivity index (χ3n) is 6.21. The van der Waals surface area contributed by atoms with E-state index in [0.717, 1.165) is 0 Å². The van der Waals surface area contributed by atoms with Crippen molar-refractivity contribution in [2.24, 2.45) is 0 Å². The number of hydrogen-bond donors (Lipinski definition) is 0. The second kappa shape index (κ2) is 10.3. The Bertz CT molecular complexity index is 1440. The molecule has 7 rings (SSSR count). The maximum atomic E-state index is 3.67. The Hall–Kier alpha value is -1.45. The Labute approximate surface area is 243 Å². The summed E-state index contributed by atoms with van der Waals surface area (Å²) in [4.78, 5) is 2.65. The zero-order valence-electron chi connectivity index (χ0n) is 20.1. The van der Waals surface area contributed by atoms with Gasteiger partial charge < -0.3 is 2.85 Å². The first kappa shape index (κ1) is 24.3. The van der Waals surface area contributed by atoms with Gasteiger partial charge in [0.1, 0.15) is 0 Å². The third-order valence-corrected chi connectivity index (χ3v) is 8.66. The SMILES string of the molecule is Brc1ccc2c3c1C([C-]=C3)c1cccc(c1)S2.Brc1cccc2c1C(c1ccccc1)[C-]=C2.[H-].[H-].[Zr+4]. The molecule has 0 radical (unpaired) electrons. The fourth-order valence-corrected chi connectivity index (χ4v) is 6.86. The molecular formula is C30H20Br2SZr. The van der Waals surface area contributed by atoms with E-state index in [1.54, 1.807) is 0 Å². The van der Waals surface area contributed by atoms with Gasteiger partial charge in [-0.25, -0.2) is 12.2 Å². The zero-order chi connectivity index (χ0) is 22.4. The quantitative estimate of drug-likeness (QED) is 0.183. The minimum absolute atomic E-state index is 0. The molecule has 0 fully saturated rings. The van der Waals surface area contributed by atoms with Crippen molar-refractivity contribution in [3.63, 3.8) is 0 Å². The summed E-state index contributed by atoms with van der Waals surface area (Å²) in [6, 6.07) is 29.9. The van der Waals surface area contributed by atoms with Crippen molar-refractivity contribution in [1.82, 2.24) is 0 Å². The van der Waals surface area contributed by atoms with Crippen LogP contribution < -0.4 is 0 Å². The molecule has 164 valence electrons. The van der Waals surface area contributed by atoms with Crippen LogP contribution in [0.25, 0.3) is 12.2 Å². The van der Waals surface area contributed by atoms with Crippen LogP contribution in [-0.4, -0.2) is 0 Å². The van der Waals surface area contributed by atoms with Crippen molar-refractivity contribution in [3.8, 4) is 0 Å². The predicted molar refractivity (Wildman–Crippen MR) is 147 cm³/mol. The summed E-state index contributed by atoms with van der Waals surface area (Å²) in [5, 5.41) is 0. The van der Waals surface area contributed by atoms with E-state index in [0.29, 0.717) is 5.92 Å². The largest absolute Gasteiger partial charge is 4.00 e. The van der Waals surface area contributed by atoms with Gasteiger partial charge in [0.25, 0.3) is 0 Å². The Kier molecular flexibility index (Phi) is 7.33. The van der Waals surface area contributed by atoms with Crippen LogP contribution in [0.5, 0.6) is 0 Å². The van der Waals surface area contributed by atoms with Crippen LogP contribution in [0, 0.1) is 12.2 Å². The fraction of sp³-hybridized carbons (Fsp3) is 0.0667. The fourth-order valence-electron chi connectivity index (χ4n) is 4.67. The van der Waals surface area contributed by atoms with Crippen LogP contribution in [0.2, 0.25) is 0 Å². The molecule has 34 heavy (non-hydrogen) atoms. The first-order valence-corrected chi connectivity index (χ1v) is 13.2. The van der Waals surface area contributed by atoms with Gasteiger partial charge in [-0.2, -0.15) is 11.1 Å². The maximum Gasteiger partial charge on any atom is 4.00 e. The summed E-state index contributed by atoms with van der Waals surface area (Å²) in [5.41, 5.74) is 7.93. The number of allylic oxidation sites excluding steroid dienone is 2. The Morgan fingerprint density at radius 3 is 2.24 bits per heavy atom. The van der Waals surface area contributed by atoms with Crippen LogP contribution >= 0.6 is 43.6 Å². The van der Waals surface area contributed by atoms with Gasteiger partial charge in [0.15, 0.2) is 0 Å². The van der Waals surface area contributed by atoms with Gasteiger partial charge in [0.2, 0.25) is 0 Å². The predicted octanol–water partition coefficient (Wildman–Crippen LogP) is 9.51. The summed E-state index contributed by atoms with van der Waals surface area (Å²) in [6.07, 6.45) is 11.1. The zero-order valence-corrected chi connectivity index (χ0v) is 24.5. The Morgan fingerprint density at radius 1 is 0.676 bits per heavy atom. The van der Waals surface area contributed by atoms with Gasteiger partial charge in [-0.15, -0.1) is 29.0 Å². The van der Waals surface area contributed by atoms with Crippen molar-refractivity contribution < 1.29 is 29.1 Å². The number of rotatable bonds is 1. The van der Waals surface area contributed by atoms with Crippen molar-refractivity contribution in [1.29, 1.82) is 0 Å². The van der Waals surface area contributed by atoms with E-state index in [4.69, 9.17) is 0 Å². The number of halogens is 2. The molecule has 1 heterocycles. The molecule has 0 nitrogen and oxygen atoms in total. The Morgan fingerprint density at radius 2 is 1.38 bits per heavy atom. The molecule has 4 aromatic carbocycles. The van der Waals surface area contributed by atoms with Crippen LogP contribution in [0.4, 0.5) is 0 Å². The molecule has 4 aromatic rings. The van der Waals surface area contributed by atoms with Crippen molar-refractivity contribution in [3.05, 3.63) is 139 Å². The molecule has 0 saturated heterocycles. The molecular weight excluding hydrogens is 643 g/mol. The van der Waals surface area contributed by atoms with Crippen molar-refractivity contribution in [2.45, 2.75) is 21.6 Å². The number of fused-ring (bicyclic) bond motifs is 4. The summed E-state index contributed by atoms with van der Waals surface area (Å²) in [6.45, 7) is 0. The number of benzene rings is 4. The molecule has 1 aliphatic heterocycles. The van der Waals surface area contributed by atoms with E-state index in [2.05, 4.69) is 135 Å². The van der Waals surface area contributed by atoms with Crippen molar-refractivity contribution in [2.75, 3.05) is 0 Å². The van der Waals surface area contributed by atoms with E-state index in [9.17, 15) is 0 Å². The number of hydrogen-bond acceptors (Lipinski definition) is 1. The molecule has 2 unspecified atom stereocenters. The normalized spacial score (nSPS) is 17.7. The first-order valence-electron chi connectivity index (χ1n) is 10.8. The van der Waals surface area contributed by atoms with Gasteiger partial charge in [-0.05, 0) is 18.2 Å². The monoisotopic (exact) mass is 660 g/mol. The first-order chi connectivity index (χ1) is 16.2. The average molecular weight is 664 g/mol. The van der Waals surface area contributed by atoms with E-state index >= 15 is 0 Å². The minimum Gasteiger partial charge on any atom is -1.00 e. The van der Waals surface area contributed by atoms with Crippen LogP contribution in [0.15, 0.2) is 104 Å². The van der Waals surface area contributed by atoms with Gasteiger partial charge in [-0.3, -0.25) is 12.2 Å². The smallest absolute Gasteiger partial charge is 1.00 e. The molecule has 2 atom stereocenters. The summed E-state index contributed by atoms with van der Waals surface area (Å²) < 4.78 is 2.36. The van der Waals surface area contributed by atoms with E-state index in [1.807, 2.05) is 17.8 Å². The molecule has 4 heteroatoms. The average Bonchev–Trinajstić information content (AvgIpc) is 3.49. The second-order valence-corrected chi connectivity index (χ2v) is 11.0. The van der Waals surface area contributed by atoms with E-state index < -0.39 is 0 Å². The molecule has 0 N–H and O–H groups in total. The molecule has 0 spiro atoms. The van der Waals surface area contributed by atoms with E-state index in [-0.39, 0.29) is 35.0 Å². The van der Waals surface area contributed by atoms with Crippen molar-refractivity contribution >= 4 is 55.8 Å². The van der Waals surface area contributed by atoms with Gasteiger partial charge in [0, 0.05) is 13.8 Å². The second-order valence-electron chi connectivity index (χ2n) is 8.19. The Balaban J connectivity index is 0.000000185. The molecule has 0 aromatic heterocycles. The molecule has 6 bridgehead atoms. The van der Waals surface area contributed by atoms with E-state index in [1.165, 1.54) is 52.1 Å². The van der Waals surface area contributed by atoms with Crippen LogP contribution in [0.3, 0.4) is 0 Å². The third kappa shape index (κ3) is 4.44. The van der Waals surface area contributed by atoms with Crippen LogP contribution in [0.1, 0.15) is 48.1 Å². The van der Waals surface area contributed by atoms with Gasteiger partial charge >= 0.3 is 26.2 Å². The molecule has 0 saturated carbocycles. The maximum absolute atomic E-state index is 3.67. The van der Waals surface area contributed by atoms with Crippen LogP contribution in [-0.2, 0) is 26.2 Å². The standard InChI is InChI=1S/C15H8BrS.C15H10Br.Zr.2H/c16-13-6-7-14-12-5-4-11(15(12)13)9-2-1-3-10(8-9)17-14;16-14-8-4-7-12-9-10-13(15(12)14)11-5-2-1-3-6-11;;;/h1-3,5-8,11H;1-9,13H;;;/q2*-1;+4;2*-1. The molecule has 0 amide bonds. The molecule has 3 aliphatic rings.